The van der Waals surface area contributed by atoms with Gasteiger partial charge in [-0.3, -0.25) is 14.7 Å². The molecule has 1 aromatic heterocycles. The Balaban J connectivity index is 1.45. The predicted octanol–water partition coefficient (Wildman–Crippen LogP) is 2.45. The summed E-state index contributed by atoms with van der Waals surface area (Å²) in [6, 6.07) is 14.5. The van der Waals surface area contributed by atoms with Gasteiger partial charge in [-0.05, 0) is 36.2 Å². The van der Waals surface area contributed by atoms with Gasteiger partial charge in [0.15, 0.2) is 0 Å². The van der Waals surface area contributed by atoms with Crippen molar-refractivity contribution in [2.24, 2.45) is 0 Å². The molecule has 1 aromatic carbocycles. The number of fused-ring (bicyclic) bond motifs is 1. The van der Waals surface area contributed by atoms with Gasteiger partial charge in [-0.15, -0.1) is 0 Å². The third kappa shape index (κ3) is 2.71. The standard InChI is InChI=1S/C20H23N3O/c1-2-22-12-16-8-4-3-7-15(16)11-19(22)20(24)23-13-17(14-23)18-9-5-6-10-21-18/h3-10,17,19H,2,11-14H2,1H3/t19-/m0/s1. The van der Waals surface area contributed by atoms with Gasteiger partial charge in [0.1, 0.15) is 0 Å². The number of nitrogens with zero attached hydrogens (tertiary/aromatic N) is 3. The molecule has 0 spiro atoms. The second kappa shape index (κ2) is 6.36. The van der Waals surface area contributed by atoms with E-state index in [0.717, 1.165) is 38.3 Å². The van der Waals surface area contributed by atoms with E-state index in [1.54, 1.807) is 0 Å². The maximum atomic E-state index is 13.0. The van der Waals surface area contributed by atoms with Crippen LogP contribution in [0, 0.1) is 0 Å². The fourth-order valence-corrected chi connectivity index (χ4v) is 3.83. The largest absolute Gasteiger partial charge is 0.340 e. The van der Waals surface area contributed by atoms with E-state index in [0.29, 0.717) is 5.92 Å². The number of carbonyl (C=O) groups excluding carboxylic acids is 1. The first kappa shape index (κ1) is 15.3. The van der Waals surface area contributed by atoms with Crippen LogP contribution >= 0.6 is 0 Å². The number of aromatic nitrogens is 1. The van der Waals surface area contributed by atoms with Gasteiger partial charge in [-0.2, -0.15) is 0 Å². The maximum Gasteiger partial charge on any atom is 0.240 e. The summed E-state index contributed by atoms with van der Waals surface area (Å²) < 4.78 is 0. The SMILES string of the molecule is CCN1Cc2ccccc2C[C@H]1C(=O)N1CC(c2ccccn2)C1. The highest BCUT2D eigenvalue weighted by molar-refractivity contribution is 5.83. The Morgan fingerprint density at radius 1 is 1.12 bits per heavy atom. The van der Waals surface area contributed by atoms with Crippen molar-refractivity contribution in [1.82, 2.24) is 14.8 Å². The van der Waals surface area contributed by atoms with Crippen molar-refractivity contribution in [2.75, 3.05) is 19.6 Å². The Kier molecular flexibility index (Phi) is 4.07. The Bertz CT molecular complexity index is 725. The van der Waals surface area contributed by atoms with E-state index in [1.807, 2.05) is 23.2 Å². The van der Waals surface area contributed by atoms with E-state index in [1.165, 1.54) is 11.1 Å². The lowest BCUT2D eigenvalue weighted by Gasteiger charge is -2.44. The molecule has 2 aliphatic heterocycles. The highest BCUT2D eigenvalue weighted by Gasteiger charge is 2.39. The van der Waals surface area contributed by atoms with Crippen molar-refractivity contribution in [2.45, 2.75) is 31.8 Å². The molecular weight excluding hydrogens is 298 g/mol. The molecule has 1 saturated heterocycles. The molecule has 0 unspecified atom stereocenters. The summed E-state index contributed by atoms with van der Waals surface area (Å²) in [4.78, 5) is 21.7. The molecule has 0 saturated carbocycles. The molecule has 4 heteroatoms. The lowest BCUT2D eigenvalue weighted by molar-refractivity contribution is -0.142. The number of rotatable bonds is 3. The molecular formula is C20H23N3O. The van der Waals surface area contributed by atoms with Crippen LogP contribution in [0.5, 0.6) is 0 Å². The van der Waals surface area contributed by atoms with E-state index >= 15 is 0 Å². The fourth-order valence-electron chi connectivity index (χ4n) is 3.83. The van der Waals surface area contributed by atoms with E-state index in [2.05, 4.69) is 47.1 Å². The van der Waals surface area contributed by atoms with Crippen LogP contribution in [0.2, 0.25) is 0 Å². The smallest absolute Gasteiger partial charge is 0.240 e. The molecule has 0 N–H and O–H groups in total. The average molecular weight is 321 g/mol. The van der Waals surface area contributed by atoms with E-state index in [9.17, 15) is 4.79 Å². The molecule has 4 rings (SSSR count). The van der Waals surface area contributed by atoms with Crippen LogP contribution in [0.15, 0.2) is 48.7 Å². The third-order valence-electron chi connectivity index (χ3n) is 5.34. The third-order valence-corrected chi connectivity index (χ3v) is 5.34. The van der Waals surface area contributed by atoms with Crippen molar-refractivity contribution in [3.8, 4) is 0 Å². The van der Waals surface area contributed by atoms with Crippen molar-refractivity contribution < 1.29 is 4.79 Å². The minimum atomic E-state index is -0.0189. The summed E-state index contributed by atoms with van der Waals surface area (Å²) in [7, 11) is 0. The van der Waals surface area contributed by atoms with E-state index < -0.39 is 0 Å². The second-order valence-electron chi connectivity index (χ2n) is 6.75. The minimum absolute atomic E-state index is 0.0189. The van der Waals surface area contributed by atoms with Gasteiger partial charge in [0.05, 0.1) is 6.04 Å². The monoisotopic (exact) mass is 321 g/mol. The first-order chi connectivity index (χ1) is 11.8. The van der Waals surface area contributed by atoms with Crippen LogP contribution in [0.1, 0.15) is 29.7 Å². The Labute approximate surface area is 143 Å². The molecule has 0 aliphatic carbocycles. The topological polar surface area (TPSA) is 36.4 Å². The molecule has 2 aliphatic rings. The van der Waals surface area contributed by atoms with Gasteiger partial charge in [0, 0.05) is 37.4 Å². The molecule has 0 radical (unpaired) electrons. The average Bonchev–Trinajstić information content (AvgIpc) is 2.60. The number of hydrogen-bond donors (Lipinski definition) is 0. The summed E-state index contributed by atoms with van der Waals surface area (Å²) in [6.07, 6.45) is 2.66. The van der Waals surface area contributed by atoms with E-state index in [-0.39, 0.29) is 11.9 Å². The summed E-state index contributed by atoms with van der Waals surface area (Å²) >= 11 is 0. The normalized spacial score (nSPS) is 21.2. The quantitative estimate of drug-likeness (QED) is 0.871. The summed E-state index contributed by atoms with van der Waals surface area (Å²) in [5.41, 5.74) is 3.78. The van der Waals surface area contributed by atoms with Crippen LogP contribution in [-0.4, -0.2) is 46.4 Å². The molecule has 0 bridgehead atoms. The molecule has 1 amide bonds. The Morgan fingerprint density at radius 3 is 2.58 bits per heavy atom. The van der Waals surface area contributed by atoms with Crippen molar-refractivity contribution in [3.05, 3.63) is 65.5 Å². The van der Waals surface area contributed by atoms with Crippen LogP contribution in [0.25, 0.3) is 0 Å². The molecule has 24 heavy (non-hydrogen) atoms. The predicted molar refractivity (Wildman–Crippen MR) is 93.6 cm³/mol. The summed E-state index contributed by atoms with van der Waals surface area (Å²) in [6.45, 7) is 5.51. The van der Waals surface area contributed by atoms with Crippen molar-refractivity contribution in [3.63, 3.8) is 0 Å². The van der Waals surface area contributed by atoms with Crippen LogP contribution < -0.4 is 0 Å². The number of likely N-dealkylation sites (N-methyl/N-ethyl adjacent to an activating group) is 1. The van der Waals surface area contributed by atoms with Crippen molar-refractivity contribution in [1.29, 1.82) is 0 Å². The van der Waals surface area contributed by atoms with Gasteiger partial charge in [0.25, 0.3) is 0 Å². The summed E-state index contributed by atoms with van der Waals surface area (Å²) in [5, 5.41) is 0. The molecule has 2 aromatic rings. The van der Waals surface area contributed by atoms with Gasteiger partial charge in [0.2, 0.25) is 5.91 Å². The molecule has 124 valence electrons. The first-order valence-electron chi connectivity index (χ1n) is 8.76. The fraction of sp³-hybridized carbons (Fsp3) is 0.400. The van der Waals surface area contributed by atoms with Crippen molar-refractivity contribution >= 4 is 5.91 Å². The van der Waals surface area contributed by atoms with Crippen LogP contribution in [0.4, 0.5) is 0 Å². The van der Waals surface area contributed by atoms with Crippen LogP contribution in [-0.2, 0) is 17.8 Å². The van der Waals surface area contributed by atoms with Gasteiger partial charge in [-0.25, -0.2) is 0 Å². The number of pyridine rings is 1. The second-order valence-corrected chi connectivity index (χ2v) is 6.75. The zero-order chi connectivity index (χ0) is 16.5. The maximum absolute atomic E-state index is 13.0. The number of benzene rings is 1. The lowest BCUT2D eigenvalue weighted by atomic mass is 9.90. The van der Waals surface area contributed by atoms with Gasteiger partial charge in [-0.1, -0.05) is 37.3 Å². The number of carbonyl (C=O) groups is 1. The zero-order valence-electron chi connectivity index (χ0n) is 14.1. The Hall–Kier alpha value is -2.20. The van der Waals surface area contributed by atoms with Gasteiger partial charge >= 0.3 is 0 Å². The zero-order valence-corrected chi connectivity index (χ0v) is 14.1. The highest BCUT2D eigenvalue weighted by Crippen LogP contribution is 2.29. The molecule has 1 fully saturated rings. The first-order valence-corrected chi connectivity index (χ1v) is 8.76. The van der Waals surface area contributed by atoms with Gasteiger partial charge < -0.3 is 4.90 Å². The summed E-state index contributed by atoms with van der Waals surface area (Å²) in [5.74, 6) is 0.666. The molecule has 1 atom stereocenters. The Morgan fingerprint density at radius 2 is 1.88 bits per heavy atom. The lowest BCUT2D eigenvalue weighted by Crippen LogP contribution is -2.57. The van der Waals surface area contributed by atoms with E-state index in [4.69, 9.17) is 0 Å². The van der Waals surface area contributed by atoms with Crippen LogP contribution in [0.3, 0.4) is 0 Å². The number of likely N-dealkylation sites (tertiary alicyclic amines) is 1. The minimum Gasteiger partial charge on any atom is -0.340 e. The molecule has 3 heterocycles. The highest BCUT2D eigenvalue weighted by atomic mass is 16.2. The number of hydrogen-bond acceptors (Lipinski definition) is 3. The molecule has 4 nitrogen and oxygen atoms in total. The number of amides is 1.